The lowest BCUT2D eigenvalue weighted by molar-refractivity contribution is 0.0701. The molecule has 0 heterocycles. The standard InChI is InChI=1S/C19H34N2O3S/c1-3-4-5-6-7-11-14-19(24-2)18(20)15-16-25(22,23)21-17-12-9-8-10-13-17/h8-10,12-13,18-19,21H,3-7,11,14-16,20H2,1-2H3. The lowest BCUT2D eigenvalue weighted by Crippen LogP contribution is -2.38. The van der Waals surface area contributed by atoms with Gasteiger partial charge in [-0.3, -0.25) is 4.72 Å². The van der Waals surface area contributed by atoms with Crippen molar-refractivity contribution in [3.05, 3.63) is 30.3 Å². The van der Waals surface area contributed by atoms with Crippen LogP contribution >= 0.6 is 0 Å². The van der Waals surface area contributed by atoms with E-state index in [1.54, 1.807) is 31.4 Å². The van der Waals surface area contributed by atoms with Crippen molar-refractivity contribution in [1.29, 1.82) is 0 Å². The zero-order chi connectivity index (χ0) is 18.5. The van der Waals surface area contributed by atoms with Crippen LogP contribution in [0.25, 0.3) is 0 Å². The molecule has 25 heavy (non-hydrogen) atoms. The Labute approximate surface area is 153 Å². The highest BCUT2D eigenvalue weighted by Gasteiger charge is 2.20. The molecule has 5 nitrogen and oxygen atoms in total. The second-order valence-electron chi connectivity index (χ2n) is 6.57. The molecule has 2 unspecified atom stereocenters. The zero-order valence-corrected chi connectivity index (χ0v) is 16.4. The maximum Gasteiger partial charge on any atom is 0.232 e. The summed E-state index contributed by atoms with van der Waals surface area (Å²) in [6.45, 7) is 2.21. The van der Waals surface area contributed by atoms with Crippen LogP contribution in [0.15, 0.2) is 30.3 Å². The van der Waals surface area contributed by atoms with Crippen molar-refractivity contribution in [2.75, 3.05) is 17.6 Å². The quantitative estimate of drug-likeness (QED) is 0.487. The average Bonchev–Trinajstić information content (AvgIpc) is 2.60. The molecule has 1 aromatic carbocycles. The number of nitrogens with one attached hydrogen (secondary N) is 1. The molecule has 0 saturated heterocycles. The van der Waals surface area contributed by atoms with Crippen LogP contribution in [0.3, 0.4) is 0 Å². The van der Waals surface area contributed by atoms with Gasteiger partial charge in [0.2, 0.25) is 10.0 Å². The molecule has 6 heteroatoms. The molecule has 2 atom stereocenters. The number of sulfonamides is 1. The Bertz CT molecular complexity index is 549. The number of ether oxygens (including phenoxy) is 1. The van der Waals surface area contributed by atoms with Crippen molar-refractivity contribution >= 4 is 15.7 Å². The number of rotatable bonds is 14. The fourth-order valence-corrected chi connectivity index (χ4v) is 4.03. The van der Waals surface area contributed by atoms with Gasteiger partial charge >= 0.3 is 0 Å². The SMILES string of the molecule is CCCCCCCCC(OC)C(N)CCS(=O)(=O)Nc1ccccc1. The van der Waals surface area contributed by atoms with Gasteiger partial charge in [0, 0.05) is 18.8 Å². The number of unbranched alkanes of at least 4 members (excludes halogenated alkanes) is 5. The van der Waals surface area contributed by atoms with Crippen LogP contribution in [0.4, 0.5) is 5.69 Å². The van der Waals surface area contributed by atoms with Crippen molar-refractivity contribution in [2.45, 2.75) is 70.4 Å². The van der Waals surface area contributed by atoms with Crippen LogP contribution in [0.5, 0.6) is 0 Å². The fraction of sp³-hybridized carbons (Fsp3) is 0.684. The van der Waals surface area contributed by atoms with Crippen molar-refractivity contribution < 1.29 is 13.2 Å². The van der Waals surface area contributed by atoms with Crippen LogP contribution in [-0.2, 0) is 14.8 Å². The first-order valence-corrected chi connectivity index (χ1v) is 11.0. The Morgan fingerprint density at radius 2 is 1.68 bits per heavy atom. The van der Waals surface area contributed by atoms with Crippen molar-refractivity contribution in [3.63, 3.8) is 0 Å². The Morgan fingerprint density at radius 3 is 2.32 bits per heavy atom. The van der Waals surface area contributed by atoms with Crippen molar-refractivity contribution in [2.24, 2.45) is 5.73 Å². The lowest BCUT2D eigenvalue weighted by Gasteiger charge is -2.22. The Kier molecular flexibility index (Phi) is 10.8. The minimum Gasteiger partial charge on any atom is -0.380 e. The summed E-state index contributed by atoms with van der Waals surface area (Å²) in [6, 6.07) is 8.63. The summed E-state index contributed by atoms with van der Waals surface area (Å²) < 4.78 is 32.4. The van der Waals surface area contributed by atoms with Gasteiger partial charge < -0.3 is 10.5 Å². The van der Waals surface area contributed by atoms with Crippen LogP contribution in [0.2, 0.25) is 0 Å². The molecule has 0 aromatic heterocycles. The number of nitrogens with two attached hydrogens (primary N) is 1. The lowest BCUT2D eigenvalue weighted by atomic mass is 10.0. The molecule has 0 saturated carbocycles. The molecule has 0 amide bonds. The monoisotopic (exact) mass is 370 g/mol. The molecule has 0 spiro atoms. The number of anilines is 1. The molecule has 0 aliphatic rings. The first kappa shape index (κ1) is 21.9. The van der Waals surface area contributed by atoms with Crippen LogP contribution in [0, 0.1) is 0 Å². The topological polar surface area (TPSA) is 81.4 Å². The first-order valence-electron chi connectivity index (χ1n) is 9.32. The summed E-state index contributed by atoms with van der Waals surface area (Å²) in [5.74, 6) is -0.000574. The zero-order valence-electron chi connectivity index (χ0n) is 15.6. The molecule has 0 fully saturated rings. The maximum atomic E-state index is 12.2. The third-order valence-corrected chi connectivity index (χ3v) is 5.71. The van der Waals surface area contributed by atoms with E-state index in [-0.39, 0.29) is 17.9 Å². The number of hydrogen-bond donors (Lipinski definition) is 2. The van der Waals surface area contributed by atoms with E-state index in [4.69, 9.17) is 10.5 Å². The highest BCUT2D eigenvalue weighted by atomic mass is 32.2. The molecule has 1 rings (SSSR count). The van der Waals surface area contributed by atoms with Gasteiger partial charge in [-0.15, -0.1) is 0 Å². The first-order chi connectivity index (χ1) is 12.0. The molecular weight excluding hydrogens is 336 g/mol. The number of para-hydroxylation sites is 1. The van der Waals surface area contributed by atoms with Gasteiger partial charge in [0.15, 0.2) is 0 Å². The van der Waals surface area contributed by atoms with Gasteiger partial charge in [0.1, 0.15) is 0 Å². The second-order valence-corrected chi connectivity index (χ2v) is 8.41. The predicted octanol–water partition coefficient (Wildman–Crippen LogP) is 3.91. The minimum atomic E-state index is -3.39. The highest BCUT2D eigenvalue weighted by molar-refractivity contribution is 7.92. The van der Waals surface area contributed by atoms with Gasteiger partial charge in [0.25, 0.3) is 0 Å². The smallest absolute Gasteiger partial charge is 0.232 e. The van der Waals surface area contributed by atoms with E-state index in [9.17, 15) is 8.42 Å². The van der Waals surface area contributed by atoms with E-state index < -0.39 is 10.0 Å². The van der Waals surface area contributed by atoms with Crippen LogP contribution in [0.1, 0.15) is 58.3 Å². The number of hydrogen-bond acceptors (Lipinski definition) is 4. The Morgan fingerprint density at radius 1 is 1.04 bits per heavy atom. The summed E-state index contributed by atoms with van der Waals surface area (Å²) >= 11 is 0. The van der Waals surface area contributed by atoms with E-state index in [1.807, 2.05) is 6.07 Å². The van der Waals surface area contributed by atoms with E-state index in [2.05, 4.69) is 11.6 Å². The summed E-state index contributed by atoms with van der Waals surface area (Å²) in [5, 5.41) is 0. The van der Waals surface area contributed by atoms with Gasteiger partial charge in [-0.05, 0) is 25.0 Å². The molecule has 0 aliphatic heterocycles. The fourth-order valence-electron chi connectivity index (χ4n) is 2.85. The number of benzene rings is 1. The van der Waals surface area contributed by atoms with E-state index in [0.717, 1.165) is 12.8 Å². The average molecular weight is 371 g/mol. The van der Waals surface area contributed by atoms with Crippen LogP contribution in [-0.4, -0.2) is 33.4 Å². The maximum absolute atomic E-state index is 12.2. The van der Waals surface area contributed by atoms with E-state index >= 15 is 0 Å². The summed E-state index contributed by atoms with van der Waals surface area (Å²) in [7, 11) is -1.74. The Balaban J connectivity index is 2.33. The van der Waals surface area contributed by atoms with Gasteiger partial charge in [-0.25, -0.2) is 8.42 Å². The summed E-state index contributed by atoms with van der Waals surface area (Å²) in [5.41, 5.74) is 6.75. The molecule has 144 valence electrons. The van der Waals surface area contributed by atoms with Crippen LogP contribution < -0.4 is 10.5 Å². The molecule has 3 N–H and O–H groups in total. The normalized spacial score (nSPS) is 14.2. The molecule has 0 radical (unpaired) electrons. The third-order valence-electron chi connectivity index (χ3n) is 4.39. The summed E-state index contributed by atoms with van der Waals surface area (Å²) in [6.07, 6.45) is 8.51. The van der Waals surface area contributed by atoms with Gasteiger partial charge in [-0.2, -0.15) is 0 Å². The van der Waals surface area contributed by atoms with Crippen molar-refractivity contribution in [3.8, 4) is 0 Å². The highest BCUT2D eigenvalue weighted by Crippen LogP contribution is 2.15. The number of methoxy groups -OCH3 is 1. The van der Waals surface area contributed by atoms with Crippen molar-refractivity contribution in [1.82, 2.24) is 0 Å². The van der Waals surface area contributed by atoms with Gasteiger partial charge in [-0.1, -0.05) is 63.6 Å². The predicted molar refractivity (Wildman–Crippen MR) is 105 cm³/mol. The third kappa shape index (κ3) is 9.82. The second kappa shape index (κ2) is 12.3. The van der Waals surface area contributed by atoms with E-state index in [1.165, 1.54) is 32.1 Å². The summed E-state index contributed by atoms with van der Waals surface area (Å²) in [4.78, 5) is 0. The van der Waals surface area contributed by atoms with Gasteiger partial charge in [0.05, 0.1) is 11.9 Å². The van der Waals surface area contributed by atoms with E-state index in [0.29, 0.717) is 12.1 Å². The molecule has 0 bridgehead atoms. The Hall–Kier alpha value is -1.11. The minimum absolute atomic E-state index is 0.000574. The largest absolute Gasteiger partial charge is 0.380 e. The molecule has 0 aliphatic carbocycles. The molecular formula is C19H34N2O3S. The molecule has 1 aromatic rings.